The number of aromatic carboxylic acids is 1. The Morgan fingerprint density at radius 1 is 1.03 bits per heavy atom. The fourth-order valence-corrected chi connectivity index (χ4v) is 5.03. The Balaban J connectivity index is 1.61. The summed E-state index contributed by atoms with van der Waals surface area (Å²) in [5, 5.41) is 21.0. The first kappa shape index (κ1) is 28.5. The van der Waals surface area contributed by atoms with Gasteiger partial charge in [-0.2, -0.15) is 0 Å². The van der Waals surface area contributed by atoms with Gasteiger partial charge in [-0.05, 0) is 92.1 Å². The second kappa shape index (κ2) is 11.7. The van der Waals surface area contributed by atoms with Crippen molar-refractivity contribution in [3.8, 4) is 16.9 Å². The number of amides is 1. The summed E-state index contributed by atoms with van der Waals surface area (Å²) in [5.41, 5.74) is 4.16. The number of aliphatic hydroxyl groups is 1. The van der Waals surface area contributed by atoms with Crippen LogP contribution in [0.25, 0.3) is 11.1 Å². The van der Waals surface area contributed by atoms with Crippen LogP contribution in [0.2, 0.25) is 5.02 Å². The smallest absolute Gasteiger partial charge is 0.410 e. The molecule has 0 bridgehead atoms. The van der Waals surface area contributed by atoms with Gasteiger partial charge in [-0.25, -0.2) is 9.59 Å². The summed E-state index contributed by atoms with van der Waals surface area (Å²) in [4.78, 5) is 26.5. The topological polar surface area (TPSA) is 96.3 Å². The number of methoxy groups -OCH3 is 1. The minimum atomic E-state index is -1.05. The molecule has 0 saturated carbocycles. The lowest BCUT2D eigenvalue weighted by molar-refractivity contribution is 0.00194. The molecule has 0 heterocycles. The van der Waals surface area contributed by atoms with E-state index in [1.54, 1.807) is 47.4 Å². The number of carbonyl (C=O) groups excluding carboxylic acids is 1. The molecule has 2 N–H and O–H groups in total. The third-order valence-electron chi connectivity index (χ3n) is 6.87. The average Bonchev–Trinajstić information content (AvgIpc) is 2.89. The zero-order chi connectivity index (χ0) is 28.3. The lowest BCUT2D eigenvalue weighted by Crippen LogP contribution is -2.47. The molecule has 0 radical (unpaired) electrons. The van der Waals surface area contributed by atoms with E-state index in [1.807, 2.05) is 26.8 Å². The Morgan fingerprint density at radius 3 is 2.33 bits per heavy atom. The molecule has 2 atom stereocenters. The highest BCUT2D eigenvalue weighted by molar-refractivity contribution is 6.30. The van der Waals surface area contributed by atoms with E-state index >= 15 is 0 Å². The maximum Gasteiger partial charge on any atom is 0.410 e. The van der Waals surface area contributed by atoms with Crippen LogP contribution in [0.1, 0.15) is 60.3 Å². The molecule has 0 saturated heterocycles. The summed E-state index contributed by atoms with van der Waals surface area (Å²) in [7, 11) is 1.45. The predicted molar refractivity (Wildman–Crippen MR) is 151 cm³/mol. The van der Waals surface area contributed by atoms with Crippen LogP contribution in [0.4, 0.5) is 4.79 Å². The van der Waals surface area contributed by atoms with Gasteiger partial charge in [-0.15, -0.1) is 0 Å². The molecule has 7 nitrogen and oxygen atoms in total. The molecule has 0 aromatic heterocycles. The number of ether oxygens (including phenoxy) is 2. The van der Waals surface area contributed by atoms with Crippen molar-refractivity contribution in [2.24, 2.45) is 0 Å². The molecule has 0 aliphatic heterocycles. The van der Waals surface area contributed by atoms with Crippen LogP contribution >= 0.6 is 11.6 Å². The van der Waals surface area contributed by atoms with Crippen molar-refractivity contribution >= 4 is 23.7 Å². The molecule has 1 aliphatic carbocycles. The van der Waals surface area contributed by atoms with Gasteiger partial charge >= 0.3 is 12.1 Å². The molecule has 4 rings (SSSR count). The quantitative estimate of drug-likeness (QED) is 0.346. The predicted octanol–water partition coefficient (Wildman–Crippen LogP) is 6.54. The number of fused-ring (bicyclic) bond motifs is 1. The number of hydrogen-bond donors (Lipinski definition) is 2. The molecule has 3 aromatic carbocycles. The first-order valence-electron chi connectivity index (χ1n) is 12.9. The van der Waals surface area contributed by atoms with Gasteiger partial charge in [0.1, 0.15) is 16.9 Å². The molecule has 0 spiro atoms. The number of carboxylic acids is 1. The van der Waals surface area contributed by atoms with Gasteiger partial charge in [0.05, 0.1) is 19.8 Å². The Bertz CT molecular complexity index is 1350. The fourth-order valence-electron chi connectivity index (χ4n) is 4.90. The molecular weight excluding hydrogens is 518 g/mol. The number of benzene rings is 3. The van der Waals surface area contributed by atoms with Gasteiger partial charge in [-0.1, -0.05) is 48.0 Å². The van der Waals surface area contributed by atoms with Crippen molar-refractivity contribution in [2.45, 2.75) is 57.8 Å². The normalized spacial score (nSPS) is 15.7. The molecule has 39 heavy (non-hydrogen) atoms. The number of carbonyl (C=O) groups is 2. The van der Waals surface area contributed by atoms with Crippen LogP contribution in [0.3, 0.4) is 0 Å². The van der Waals surface area contributed by atoms with E-state index in [0.29, 0.717) is 22.8 Å². The van der Waals surface area contributed by atoms with Crippen molar-refractivity contribution in [1.29, 1.82) is 0 Å². The highest BCUT2D eigenvalue weighted by Crippen LogP contribution is 2.33. The van der Waals surface area contributed by atoms with E-state index in [2.05, 4.69) is 12.1 Å². The van der Waals surface area contributed by atoms with Gasteiger partial charge in [0.2, 0.25) is 0 Å². The molecule has 8 heteroatoms. The third-order valence-corrected chi connectivity index (χ3v) is 7.12. The van der Waals surface area contributed by atoms with Crippen LogP contribution in [0, 0.1) is 0 Å². The van der Waals surface area contributed by atoms with Crippen LogP contribution in [0.15, 0.2) is 60.7 Å². The van der Waals surface area contributed by atoms with Crippen molar-refractivity contribution in [2.75, 3.05) is 13.7 Å². The van der Waals surface area contributed by atoms with E-state index in [9.17, 15) is 19.8 Å². The van der Waals surface area contributed by atoms with E-state index < -0.39 is 23.8 Å². The molecule has 1 amide bonds. The second-order valence-corrected chi connectivity index (χ2v) is 11.2. The van der Waals surface area contributed by atoms with Crippen molar-refractivity contribution in [3.05, 3.63) is 87.9 Å². The zero-order valence-corrected chi connectivity index (χ0v) is 23.4. The standard InChI is InChI=1S/C31H34ClNO6/c1-31(2,3)39-30(37)33(18-27(34)20-7-11-24(32)12-8-20)25-13-9-19-5-6-21(15-23(19)16-25)22-10-14-26(29(35)36)28(17-22)38-4/h5-8,10-12,14-15,17,25,27,34H,9,13,16,18H2,1-4H3,(H,35,36)/t25-,27+/m0/s1. The zero-order valence-electron chi connectivity index (χ0n) is 22.6. The number of aryl methyl sites for hydroxylation is 1. The second-order valence-electron chi connectivity index (χ2n) is 10.8. The molecule has 0 fully saturated rings. The minimum Gasteiger partial charge on any atom is -0.496 e. The Labute approximate surface area is 233 Å². The lowest BCUT2D eigenvalue weighted by atomic mass is 9.85. The summed E-state index contributed by atoms with van der Waals surface area (Å²) in [6.45, 7) is 5.56. The molecule has 206 valence electrons. The average molecular weight is 552 g/mol. The maximum atomic E-state index is 13.3. The Hall–Kier alpha value is -3.55. The van der Waals surface area contributed by atoms with Gasteiger partial charge in [0.25, 0.3) is 0 Å². The summed E-state index contributed by atoms with van der Waals surface area (Å²) in [5.74, 6) is -0.752. The Morgan fingerprint density at radius 2 is 1.69 bits per heavy atom. The van der Waals surface area contributed by atoms with Crippen molar-refractivity contribution in [3.63, 3.8) is 0 Å². The van der Waals surface area contributed by atoms with Crippen LogP contribution in [0.5, 0.6) is 5.75 Å². The number of hydrogen-bond acceptors (Lipinski definition) is 5. The maximum absolute atomic E-state index is 13.3. The summed E-state index contributed by atoms with van der Waals surface area (Å²) in [6.07, 6.45) is 0.745. The van der Waals surface area contributed by atoms with Gasteiger partial charge in [0, 0.05) is 11.1 Å². The van der Waals surface area contributed by atoms with Gasteiger partial charge in [-0.3, -0.25) is 0 Å². The molecular formula is C31H34ClNO6. The summed E-state index contributed by atoms with van der Waals surface area (Å²) in [6, 6.07) is 18.0. The third kappa shape index (κ3) is 6.91. The largest absolute Gasteiger partial charge is 0.496 e. The Kier molecular flexibility index (Phi) is 8.52. The van der Waals surface area contributed by atoms with Crippen LogP contribution < -0.4 is 4.74 Å². The minimum absolute atomic E-state index is 0.0874. The molecule has 0 unspecified atom stereocenters. The summed E-state index contributed by atoms with van der Waals surface area (Å²) < 4.78 is 11.0. The first-order valence-corrected chi connectivity index (χ1v) is 13.3. The SMILES string of the molecule is COc1cc(-c2ccc3c(c2)C[C@@H](N(C[C@@H](O)c2ccc(Cl)cc2)C(=O)OC(C)(C)C)CC3)ccc1C(=O)O. The van der Waals surface area contributed by atoms with Crippen LogP contribution in [-0.4, -0.2) is 52.5 Å². The highest BCUT2D eigenvalue weighted by Gasteiger charge is 2.33. The number of carboxylic acid groups (broad SMARTS) is 1. The van der Waals surface area contributed by atoms with E-state index in [1.165, 1.54) is 12.7 Å². The number of rotatable bonds is 7. The molecule has 3 aromatic rings. The van der Waals surface area contributed by atoms with Crippen molar-refractivity contribution < 1.29 is 29.3 Å². The lowest BCUT2D eigenvalue weighted by Gasteiger charge is -2.37. The number of nitrogens with zero attached hydrogens (tertiary/aromatic N) is 1. The van der Waals surface area contributed by atoms with E-state index in [-0.39, 0.29) is 18.2 Å². The van der Waals surface area contributed by atoms with Crippen LogP contribution in [-0.2, 0) is 17.6 Å². The fraction of sp³-hybridized carbons (Fsp3) is 0.355. The van der Waals surface area contributed by atoms with E-state index in [0.717, 1.165) is 29.5 Å². The number of aliphatic hydroxyl groups excluding tert-OH is 1. The monoisotopic (exact) mass is 551 g/mol. The van der Waals surface area contributed by atoms with Gasteiger partial charge in [0.15, 0.2) is 0 Å². The van der Waals surface area contributed by atoms with E-state index in [4.69, 9.17) is 21.1 Å². The molecule has 1 aliphatic rings. The van der Waals surface area contributed by atoms with Crippen molar-refractivity contribution in [1.82, 2.24) is 4.90 Å². The first-order chi connectivity index (χ1) is 18.4. The van der Waals surface area contributed by atoms with Gasteiger partial charge < -0.3 is 24.6 Å². The number of halogens is 1. The highest BCUT2D eigenvalue weighted by atomic mass is 35.5. The summed E-state index contributed by atoms with van der Waals surface area (Å²) >= 11 is 6.01.